The molecule has 2 saturated carbocycles. The van der Waals surface area contributed by atoms with E-state index in [0.29, 0.717) is 12.1 Å². The lowest BCUT2D eigenvalue weighted by atomic mass is 9.88. The fourth-order valence-corrected chi connectivity index (χ4v) is 3.23. The van der Waals surface area contributed by atoms with Crippen molar-refractivity contribution in [3.8, 4) is 0 Å². The number of ether oxygens (including phenoxy) is 1. The number of hydrogen-bond acceptors (Lipinski definition) is 2. The molecule has 0 amide bonds. The Kier molecular flexibility index (Phi) is 2.89. The number of hydrogen-bond donors (Lipinski definition) is 1. The largest absolute Gasteiger partial charge is 0.381 e. The second-order valence-corrected chi connectivity index (χ2v) is 4.70. The minimum absolute atomic E-state index is 0.475. The molecule has 2 rings (SSSR count). The van der Waals surface area contributed by atoms with Gasteiger partial charge in [0.15, 0.2) is 0 Å². The van der Waals surface area contributed by atoms with Crippen molar-refractivity contribution in [2.24, 2.45) is 17.6 Å². The van der Waals surface area contributed by atoms with Gasteiger partial charge in [-0.15, -0.1) is 0 Å². The van der Waals surface area contributed by atoms with Crippen molar-refractivity contribution < 1.29 is 4.74 Å². The summed E-state index contributed by atoms with van der Waals surface area (Å²) in [7, 11) is 1.86. The molecule has 2 aliphatic carbocycles. The molecule has 13 heavy (non-hydrogen) atoms. The van der Waals surface area contributed by atoms with E-state index < -0.39 is 0 Å². The van der Waals surface area contributed by atoms with Crippen molar-refractivity contribution >= 4 is 0 Å². The molecule has 0 aromatic rings. The van der Waals surface area contributed by atoms with Crippen LogP contribution in [-0.2, 0) is 4.74 Å². The Morgan fingerprint density at radius 2 is 2.00 bits per heavy atom. The first-order valence-corrected chi connectivity index (χ1v) is 5.59. The number of rotatable bonds is 2. The van der Waals surface area contributed by atoms with E-state index in [1.54, 1.807) is 0 Å². The highest BCUT2D eigenvalue weighted by Gasteiger charge is 2.36. The van der Waals surface area contributed by atoms with Crippen LogP contribution in [0.4, 0.5) is 0 Å². The summed E-state index contributed by atoms with van der Waals surface area (Å²) in [5.74, 6) is 1.68. The van der Waals surface area contributed by atoms with Gasteiger partial charge in [0.1, 0.15) is 0 Å². The SMILES string of the molecule is COC1CCCC1C1CCC(N)C1. The third-order valence-corrected chi connectivity index (χ3v) is 3.93. The van der Waals surface area contributed by atoms with Crippen LogP contribution < -0.4 is 5.73 Å². The molecular formula is C11H21NO. The van der Waals surface area contributed by atoms with E-state index in [1.807, 2.05) is 7.11 Å². The summed E-state index contributed by atoms with van der Waals surface area (Å²) in [5, 5.41) is 0. The topological polar surface area (TPSA) is 35.2 Å². The molecule has 0 aromatic carbocycles. The molecule has 0 spiro atoms. The molecule has 0 bridgehead atoms. The maximum absolute atomic E-state index is 5.94. The molecule has 0 heterocycles. The smallest absolute Gasteiger partial charge is 0.0602 e. The van der Waals surface area contributed by atoms with Crippen molar-refractivity contribution in [1.82, 2.24) is 0 Å². The first kappa shape index (κ1) is 9.47. The first-order chi connectivity index (χ1) is 6.31. The fraction of sp³-hybridized carbons (Fsp3) is 1.00. The van der Waals surface area contributed by atoms with Gasteiger partial charge in [0.2, 0.25) is 0 Å². The Hall–Kier alpha value is -0.0800. The van der Waals surface area contributed by atoms with Crippen LogP contribution in [0.1, 0.15) is 38.5 Å². The molecule has 2 N–H and O–H groups in total. The van der Waals surface area contributed by atoms with Gasteiger partial charge in [0, 0.05) is 13.2 Å². The van der Waals surface area contributed by atoms with Crippen LogP contribution >= 0.6 is 0 Å². The van der Waals surface area contributed by atoms with E-state index >= 15 is 0 Å². The van der Waals surface area contributed by atoms with Gasteiger partial charge in [-0.3, -0.25) is 0 Å². The second-order valence-electron chi connectivity index (χ2n) is 4.70. The molecule has 0 saturated heterocycles. The Morgan fingerprint density at radius 3 is 2.62 bits per heavy atom. The average molecular weight is 183 g/mol. The van der Waals surface area contributed by atoms with Gasteiger partial charge in [0.25, 0.3) is 0 Å². The summed E-state index contributed by atoms with van der Waals surface area (Å²) in [6.07, 6.45) is 8.35. The van der Waals surface area contributed by atoms with E-state index in [2.05, 4.69) is 0 Å². The zero-order chi connectivity index (χ0) is 9.26. The molecule has 4 unspecified atom stereocenters. The fourth-order valence-electron chi connectivity index (χ4n) is 3.23. The Balaban J connectivity index is 1.92. The van der Waals surface area contributed by atoms with Crippen LogP contribution in [0.5, 0.6) is 0 Å². The van der Waals surface area contributed by atoms with Crippen molar-refractivity contribution in [2.45, 2.75) is 50.7 Å². The number of methoxy groups -OCH3 is 1. The Bertz CT molecular complexity index is 171. The third kappa shape index (κ3) is 1.89. The predicted molar refractivity (Wildman–Crippen MR) is 53.5 cm³/mol. The summed E-state index contributed by atoms with van der Waals surface area (Å²) in [5.41, 5.74) is 5.94. The summed E-state index contributed by atoms with van der Waals surface area (Å²) in [4.78, 5) is 0. The summed E-state index contributed by atoms with van der Waals surface area (Å²) in [6, 6.07) is 0.475. The first-order valence-electron chi connectivity index (χ1n) is 5.59. The average Bonchev–Trinajstić information content (AvgIpc) is 2.71. The highest BCUT2D eigenvalue weighted by Crippen LogP contribution is 2.41. The van der Waals surface area contributed by atoms with Gasteiger partial charge >= 0.3 is 0 Å². The van der Waals surface area contributed by atoms with Crippen molar-refractivity contribution in [3.05, 3.63) is 0 Å². The van der Waals surface area contributed by atoms with Crippen molar-refractivity contribution in [3.63, 3.8) is 0 Å². The quantitative estimate of drug-likeness (QED) is 0.710. The molecule has 4 atom stereocenters. The van der Waals surface area contributed by atoms with Crippen LogP contribution in [0.2, 0.25) is 0 Å². The summed E-state index contributed by atoms with van der Waals surface area (Å²) < 4.78 is 5.53. The molecule has 2 fully saturated rings. The third-order valence-electron chi connectivity index (χ3n) is 3.93. The Labute approximate surface area is 80.8 Å². The van der Waals surface area contributed by atoms with Gasteiger partial charge in [-0.05, 0) is 43.9 Å². The predicted octanol–water partition coefficient (Wildman–Crippen LogP) is 1.93. The van der Waals surface area contributed by atoms with Gasteiger partial charge < -0.3 is 10.5 Å². The maximum Gasteiger partial charge on any atom is 0.0602 e. The van der Waals surface area contributed by atoms with Crippen LogP contribution in [0, 0.1) is 11.8 Å². The molecule has 2 heteroatoms. The molecule has 76 valence electrons. The van der Waals surface area contributed by atoms with E-state index in [1.165, 1.54) is 38.5 Å². The van der Waals surface area contributed by atoms with Gasteiger partial charge in [-0.2, -0.15) is 0 Å². The lowest BCUT2D eigenvalue weighted by molar-refractivity contribution is 0.0483. The summed E-state index contributed by atoms with van der Waals surface area (Å²) >= 11 is 0. The van der Waals surface area contributed by atoms with E-state index in [9.17, 15) is 0 Å². The van der Waals surface area contributed by atoms with Gasteiger partial charge in [0.05, 0.1) is 6.10 Å². The maximum atomic E-state index is 5.94. The zero-order valence-electron chi connectivity index (χ0n) is 8.54. The second kappa shape index (κ2) is 3.97. The lowest BCUT2D eigenvalue weighted by Crippen LogP contribution is -2.24. The van der Waals surface area contributed by atoms with E-state index in [0.717, 1.165) is 11.8 Å². The lowest BCUT2D eigenvalue weighted by Gasteiger charge is -2.24. The van der Waals surface area contributed by atoms with Crippen molar-refractivity contribution in [1.29, 1.82) is 0 Å². The molecule has 0 aliphatic heterocycles. The highest BCUT2D eigenvalue weighted by molar-refractivity contribution is 4.89. The van der Waals surface area contributed by atoms with Crippen molar-refractivity contribution in [2.75, 3.05) is 7.11 Å². The normalized spacial score (nSPS) is 45.7. The van der Waals surface area contributed by atoms with E-state index in [4.69, 9.17) is 10.5 Å². The van der Waals surface area contributed by atoms with Gasteiger partial charge in [-0.25, -0.2) is 0 Å². The van der Waals surface area contributed by atoms with Gasteiger partial charge in [-0.1, -0.05) is 6.42 Å². The molecule has 2 aliphatic rings. The molecule has 0 aromatic heterocycles. The minimum atomic E-state index is 0.475. The molecular weight excluding hydrogens is 162 g/mol. The number of nitrogens with two attached hydrogens (primary N) is 1. The zero-order valence-corrected chi connectivity index (χ0v) is 8.54. The van der Waals surface area contributed by atoms with Crippen LogP contribution in [-0.4, -0.2) is 19.3 Å². The van der Waals surface area contributed by atoms with Crippen LogP contribution in [0.15, 0.2) is 0 Å². The Morgan fingerprint density at radius 1 is 1.15 bits per heavy atom. The molecule has 0 radical (unpaired) electrons. The minimum Gasteiger partial charge on any atom is -0.381 e. The standard InChI is InChI=1S/C11H21NO/c1-13-11-4-2-3-10(11)8-5-6-9(12)7-8/h8-11H,2-7,12H2,1H3. The monoisotopic (exact) mass is 183 g/mol. The van der Waals surface area contributed by atoms with E-state index in [-0.39, 0.29) is 0 Å². The molecule has 2 nitrogen and oxygen atoms in total. The van der Waals surface area contributed by atoms with Crippen LogP contribution in [0.25, 0.3) is 0 Å². The highest BCUT2D eigenvalue weighted by atomic mass is 16.5. The van der Waals surface area contributed by atoms with Crippen LogP contribution in [0.3, 0.4) is 0 Å². The summed E-state index contributed by atoms with van der Waals surface area (Å²) in [6.45, 7) is 0.